The van der Waals surface area contributed by atoms with Crippen LogP contribution in [0.3, 0.4) is 0 Å². The van der Waals surface area contributed by atoms with Gasteiger partial charge in [0.2, 0.25) is 23.6 Å². The molecule has 3 rings (SSSR count). The fraction of sp³-hybridized carbons (Fsp3) is 0.294. The number of nitrogens with two attached hydrogens (primary N) is 1. The van der Waals surface area contributed by atoms with Crippen molar-refractivity contribution in [2.45, 2.75) is 12.8 Å². The minimum absolute atomic E-state index is 0.284. The predicted molar refractivity (Wildman–Crippen MR) is 85.7 cm³/mol. The Bertz CT molecular complexity index is 713. The molecule has 1 saturated heterocycles. The fourth-order valence-electron chi connectivity index (χ4n) is 3.09. The first-order valence-corrected chi connectivity index (χ1v) is 7.67. The van der Waals surface area contributed by atoms with Crippen LogP contribution in [0.15, 0.2) is 36.4 Å². The highest BCUT2D eigenvalue weighted by Crippen LogP contribution is 2.34. The maximum absolute atomic E-state index is 12.3. The van der Waals surface area contributed by atoms with Crippen molar-refractivity contribution in [3.05, 3.63) is 42.0 Å². The van der Waals surface area contributed by atoms with E-state index in [9.17, 15) is 19.2 Å². The lowest BCUT2D eigenvalue weighted by atomic mass is 9.85. The lowest BCUT2D eigenvalue weighted by Gasteiger charge is -2.14. The Hall–Kier alpha value is -2.96. The molecule has 1 aromatic rings. The summed E-state index contributed by atoms with van der Waals surface area (Å²) in [6.07, 6.45) is 4.89. The van der Waals surface area contributed by atoms with Gasteiger partial charge in [-0.25, -0.2) is 0 Å². The number of primary amides is 1. The van der Waals surface area contributed by atoms with Crippen molar-refractivity contribution in [1.82, 2.24) is 4.90 Å². The van der Waals surface area contributed by atoms with Gasteiger partial charge in [0.15, 0.2) is 0 Å². The molecule has 1 aliphatic carbocycles. The van der Waals surface area contributed by atoms with Gasteiger partial charge in [-0.05, 0) is 37.1 Å². The van der Waals surface area contributed by atoms with E-state index < -0.39 is 11.8 Å². The summed E-state index contributed by atoms with van der Waals surface area (Å²) < 4.78 is 0. The van der Waals surface area contributed by atoms with E-state index >= 15 is 0 Å². The molecule has 0 spiro atoms. The number of nitrogens with zero attached hydrogens (tertiary/aromatic N) is 1. The topological polar surface area (TPSA) is 110 Å². The normalized spacial score (nSPS) is 22.4. The lowest BCUT2D eigenvalue weighted by molar-refractivity contribution is -0.142. The van der Waals surface area contributed by atoms with Crippen LogP contribution in [0.4, 0.5) is 5.69 Å². The molecule has 7 heteroatoms. The summed E-state index contributed by atoms with van der Waals surface area (Å²) in [5.41, 5.74) is 5.94. The predicted octanol–water partition coefficient (Wildman–Crippen LogP) is 0.675. The van der Waals surface area contributed by atoms with Gasteiger partial charge in [0.25, 0.3) is 0 Å². The molecule has 4 amide bonds. The first-order valence-electron chi connectivity index (χ1n) is 7.67. The third kappa shape index (κ3) is 2.92. The van der Waals surface area contributed by atoms with Crippen molar-refractivity contribution < 1.29 is 19.2 Å². The van der Waals surface area contributed by atoms with Gasteiger partial charge < -0.3 is 11.1 Å². The van der Waals surface area contributed by atoms with Crippen LogP contribution in [0.5, 0.6) is 0 Å². The summed E-state index contributed by atoms with van der Waals surface area (Å²) >= 11 is 0. The number of nitrogens with one attached hydrogen (secondary N) is 1. The minimum Gasteiger partial charge on any atom is -0.366 e. The van der Waals surface area contributed by atoms with Crippen LogP contribution in [0, 0.1) is 11.8 Å². The van der Waals surface area contributed by atoms with Gasteiger partial charge in [-0.2, -0.15) is 0 Å². The Kier molecular flexibility index (Phi) is 4.16. The van der Waals surface area contributed by atoms with Crippen LogP contribution in [-0.2, 0) is 14.4 Å². The highest BCUT2D eigenvalue weighted by atomic mass is 16.2. The Balaban J connectivity index is 1.63. The molecule has 0 bridgehead atoms. The second-order valence-corrected chi connectivity index (χ2v) is 5.91. The smallest absolute Gasteiger partial charge is 0.248 e. The number of imide groups is 1. The summed E-state index contributed by atoms with van der Waals surface area (Å²) in [5.74, 6) is -2.27. The molecule has 1 heterocycles. The third-order valence-electron chi connectivity index (χ3n) is 4.35. The number of fused-ring (bicyclic) bond motifs is 1. The Labute approximate surface area is 138 Å². The van der Waals surface area contributed by atoms with Crippen LogP contribution in [0.2, 0.25) is 0 Å². The summed E-state index contributed by atoms with van der Waals surface area (Å²) in [5, 5.41) is 2.60. The van der Waals surface area contributed by atoms with Crippen molar-refractivity contribution in [2.24, 2.45) is 17.6 Å². The minimum atomic E-state index is -0.558. The first kappa shape index (κ1) is 15.9. The number of carbonyl (C=O) groups is 4. The SMILES string of the molecule is NC(=O)c1ccc(NC(=O)CN2C(=O)[C@H]3CC=CC[C@@H]3C2=O)cc1. The average Bonchev–Trinajstić information content (AvgIpc) is 2.81. The van der Waals surface area contributed by atoms with E-state index in [-0.39, 0.29) is 30.2 Å². The number of anilines is 1. The van der Waals surface area contributed by atoms with Crippen molar-refractivity contribution in [1.29, 1.82) is 0 Å². The van der Waals surface area contributed by atoms with Gasteiger partial charge in [0.05, 0.1) is 11.8 Å². The largest absolute Gasteiger partial charge is 0.366 e. The molecule has 2 atom stereocenters. The number of hydrogen-bond acceptors (Lipinski definition) is 4. The van der Waals surface area contributed by atoms with Gasteiger partial charge in [-0.1, -0.05) is 12.2 Å². The zero-order chi connectivity index (χ0) is 17.3. The number of hydrogen-bond donors (Lipinski definition) is 2. The quantitative estimate of drug-likeness (QED) is 0.626. The maximum atomic E-state index is 12.3. The molecule has 124 valence electrons. The van der Waals surface area contributed by atoms with E-state index in [2.05, 4.69) is 5.32 Å². The van der Waals surface area contributed by atoms with Gasteiger partial charge in [-0.15, -0.1) is 0 Å². The molecule has 0 unspecified atom stereocenters. The van der Waals surface area contributed by atoms with E-state index in [1.54, 1.807) is 0 Å². The second-order valence-electron chi connectivity index (χ2n) is 5.91. The van der Waals surface area contributed by atoms with Crippen molar-refractivity contribution in [3.8, 4) is 0 Å². The molecule has 0 radical (unpaired) electrons. The molecule has 3 N–H and O–H groups in total. The zero-order valence-corrected chi connectivity index (χ0v) is 12.9. The van der Waals surface area contributed by atoms with Gasteiger partial charge in [-0.3, -0.25) is 24.1 Å². The Morgan fingerprint density at radius 3 is 2.08 bits per heavy atom. The summed E-state index contributed by atoms with van der Waals surface area (Å²) in [6.45, 7) is -0.303. The molecule has 0 saturated carbocycles. The van der Waals surface area contributed by atoms with Crippen molar-refractivity contribution >= 4 is 29.3 Å². The lowest BCUT2D eigenvalue weighted by Crippen LogP contribution is -2.38. The molecular weight excluding hydrogens is 310 g/mol. The number of rotatable bonds is 4. The standard InChI is InChI=1S/C17H17N3O4/c18-15(22)10-5-7-11(8-6-10)19-14(21)9-20-16(23)12-3-1-2-4-13(12)17(20)24/h1-2,5-8,12-13H,3-4,9H2,(H2,18,22)(H,19,21)/t12-,13-/m0/s1. The molecular formula is C17H17N3O4. The fourth-order valence-corrected chi connectivity index (χ4v) is 3.09. The van der Waals surface area contributed by atoms with Crippen LogP contribution >= 0.6 is 0 Å². The van der Waals surface area contributed by atoms with Gasteiger partial charge in [0, 0.05) is 11.3 Å². The highest BCUT2D eigenvalue weighted by Gasteiger charge is 2.47. The van der Waals surface area contributed by atoms with E-state index in [1.165, 1.54) is 24.3 Å². The van der Waals surface area contributed by atoms with E-state index in [0.717, 1.165) is 4.90 Å². The van der Waals surface area contributed by atoms with E-state index in [1.807, 2.05) is 12.2 Å². The summed E-state index contributed by atoms with van der Waals surface area (Å²) in [4.78, 5) is 48.8. The highest BCUT2D eigenvalue weighted by molar-refractivity contribution is 6.08. The van der Waals surface area contributed by atoms with E-state index in [0.29, 0.717) is 24.1 Å². The molecule has 1 aliphatic heterocycles. The first-order chi connectivity index (χ1) is 11.5. The molecule has 0 aromatic heterocycles. The van der Waals surface area contributed by atoms with E-state index in [4.69, 9.17) is 5.73 Å². The summed E-state index contributed by atoms with van der Waals surface area (Å²) in [7, 11) is 0. The van der Waals surface area contributed by atoms with Crippen LogP contribution in [0.25, 0.3) is 0 Å². The Morgan fingerprint density at radius 1 is 1.04 bits per heavy atom. The number of amides is 4. The number of likely N-dealkylation sites (tertiary alicyclic amines) is 1. The molecule has 1 fully saturated rings. The van der Waals surface area contributed by atoms with Crippen molar-refractivity contribution in [3.63, 3.8) is 0 Å². The van der Waals surface area contributed by atoms with Gasteiger partial charge >= 0.3 is 0 Å². The van der Waals surface area contributed by atoms with Crippen molar-refractivity contribution in [2.75, 3.05) is 11.9 Å². The molecule has 1 aromatic carbocycles. The van der Waals surface area contributed by atoms with Crippen LogP contribution in [-0.4, -0.2) is 35.1 Å². The van der Waals surface area contributed by atoms with Crippen LogP contribution < -0.4 is 11.1 Å². The molecule has 7 nitrogen and oxygen atoms in total. The second kappa shape index (κ2) is 6.27. The third-order valence-corrected chi connectivity index (χ3v) is 4.35. The Morgan fingerprint density at radius 2 is 1.58 bits per heavy atom. The van der Waals surface area contributed by atoms with Gasteiger partial charge in [0.1, 0.15) is 6.54 Å². The number of benzene rings is 1. The maximum Gasteiger partial charge on any atom is 0.248 e. The van der Waals surface area contributed by atoms with Crippen LogP contribution in [0.1, 0.15) is 23.2 Å². The monoisotopic (exact) mass is 327 g/mol. The summed E-state index contributed by atoms with van der Waals surface area (Å²) in [6, 6.07) is 6.05. The number of allylic oxidation sites excluding steroid dienone is 2. The molecule has 2 aliphatic rings. The molecule has 24 heavy (non-hydrogen) atoms. The zero-order valence-electron chi connectivity index (χ0n) is 12.9. The number of carbonyl (C=O) groups excluding carboxylic acids is 4. The average molecular weight is 327 g/mol.